The molecular formula is C23H35N5S. The normalized spacial score (nSPS) is 16.2. The highest BCUT2D eigenvalue weighted by Gasteiger charge is 2.19. The molecule has 0 atom stereocenters. The summed E-state index contributed by atoms with van der Waals surface area (Å²) in [5.74, 6) is 1.66. The molecule has 0 unspecified atom stereocenters. The van der Waals surface area contributed by atoms with Crippen molar-refractivity contribution in [1.82, 2.24) is 20.1 Å². The average Bonchev–Trinajstić information content (AvgIpc) is 3.12. The third kappa shape index (κ3) is 6.82. The minimum absolute atomic E-state index is 0.674. The molecule has 6 heteroatoms. The zero-order valence-corrected chi connectivity index (χ0v) is 19.1. The molecule has 0 radical (unpaired) electrons. The molecule has 0 amide bonds. The maximum Gasteiger partial charge on any atom is 0.194 e. The highest BCUT2D eigenvalue weighted by atomic mass is 32.1. The summed E-state index contributed by atoms with van der Waals surface area (Å²) >= 11 is 1.71. The van der Waals surface area contributed by atoms with E-state index in [1.807, 2.05) is 0 Å². The second kappa shape index (κ2) is 10.7. The lowest BCUT2D eigenvalue weighted by molar-refractivity contribution is 0.180. The van der Waals surface area contributed by atoms with Crippen molar-refractivity contribution in [2.75, 3.05) is 33.2 Å². The Labute approximate surface area is 179 Å². The van der Waals surface area contributed by atoms with Gasteiger partial charge in [0.15, 0.2) is 5.96 Å². The number of rotatable bonds is 7. The number of thiazole rings is 1. The van der Waals surface area contributed by atoms with Gasteiger partial charge in [0.05, 0.1) is 17.2 Å². The Kier molecular flexibility index (Phi) is 8.07. The van der Waals surface area contributed by atoms with E-state index in [4.69, 9.17) is 4.99 Å². The van der Waals surface area contributed by atoms with E-state index in [1.165, 1.54) is 37.1 Å². The lowest BCUT2D eigenvalue weighted by atomic mass is 9.96. The van der Waals surface area contributed by atoms with Crippen molar-refractivity contribution >= 4 is 17.3 Å². The van der Waals surface area contributed by atoms with Gasteiger partial charge in [0.2, 0.25) is 0 Å². The molecule has 0 bridgehead atoms. The monoisotopic (exact) mass is 413 g/mol. The number of nitrogens with one attached hydrogen (secondary N) is 1. The molecule has 0 spiro atoms. The molecule has 5 nitrogen and oxygen atoms in total. The van der Waals surface area contributed by atoms with Crippen LogP contribution in [0.3, 0.4) is 0 Å². The van der Waals surface area contributed by atoms with Crippen molar-refractivity contribution in [1.29, 1.82) is 0 Å². The molecular weight excluding hydrogens is 378 g/mol. The van der Waals surface area contributed by atoms with Gasteiger partial charge < -0.3 is 10.2 Å². The fourth-order valence-electron chi connectivity index (χ4n) is 3.76. The van der Waals surface area contributed by atoms with Crippen LogP contribution in [0.5, 0.6) is 0 Å². The summed E-state index contributed by atoms with van der Waals surface area (Å²) < 4.78 is 0. The maximum absolute atomic E-state index is 4.95. The summed E-state index contributed by atoms with van der Waals surface area (Å²) in [6.07, 6.45) is 2.45. The van der Waals surface area contributed by atoms with Crippen molar-refractivity contribution in [3.05, 3.63) is 51.5 Å². The largest absolute Gasteiger partial charge is 0.357 e. The molecule has 1 N–H and O–H groups in total. The number of piperidine rings is 1. The third-order valence-corrected chi connectivity index (χ3v) is 6.32. The number of aryl methyl sites for hydroxylation is 2. The van der Waals surface area contributed by atoms with Crippen LogP contribution in [0.4, 0.5) is 0 Å². The molecule has 1 aromatic carbocycles. The van der Waals surface area contributed by atoms with E-state index in [1.54, 1.807) is 11.3 Å². The first-order valence-corrected chi connectivity index (χ1v) is 11.6. The van der Waals surface area contributed by atoms with Gasteiger partial charge >= 0.3 is 0 Å². The molecule has 2 aromatic rings. The van der Waals surface area contributed by atoms with E-state index in [2.05, 4.69) is 77.6 Å². The Morgan fingerprint density at radius 3 is 2.59 bits per heavy atom. The smallest absolute Gasteiger partial charge is 0.194 e. The molecule has 1 aliphatic rings. The van der Waals surface area contributed by atoms with Crippen LogP contribution in [0.1, 0.15) is 41.6 Å². The van der Waals surface area contributed by atoms with Gasteiger partial charge in [0.25, 0.3) is 0 Å². The number of aliphatic imine (C=N–C) groups is 1. The zero-order chi connectivity index (χ0) is 20.6. The summed E-state index contributed by atoms with van der Waals surface area (Å²) in [4.78, 5) is 14.3. The predicted molar refractivity (Wildman–Crippen MR) is 123 cm³/mol. The topological polar surface area (TPSA) is 43.8 Å². The van der Waals surface area contributed by atoms with Gasteiger partial charge in [0.1, 0.15) is 0 Å². The van der Waals surface area contributed by atoms with E-state index in [0.29, 0.717) is 5.92 Å². The first-order chi connectivity index (χ1) is 14.0. The Balaban J connectivity index is 1.48. The molecule has 0 saturated carbocycles. The molecule has 0 aliphatic carbocycles. The Hall–Kier alpha value is -1.92. The Morgan fingerprint density at radius 2 is 1.97 bits per heavy atom. The van der Waals surface area contributed by atoms with Crippen LogP contribution >= 0.6 is 11.3 Å². The second-order valence-corrected chi connectivity index (χ2v) is 9.18. The first kappa shape index (κ1) is 21.8. The van der Waals surface area contributed by atoms with Gasteiger partial charge in [0, 0.05) is 32.1 Å². The lowest BCUT2D eigenvalue weighted by Crippen LogP contribution is -2.39. The van der Waals surface area contributed by atoms with Crippen LogP contribution in [-0.4, -0.2) is 54.0 Å². The van der Waals surface area contributed by atoms with E-state index in [9.17, 15) is 0 Å². The van der Waals surface area contributed by atoms with Crippen molar-refractivity contribution in [2.45, 2.75) is 46.7 Å². The van der Waals surface area contributed by atoms with E-state index >= 15 is 0 Å². The predicted octanol–water partition coefficient (Wildman–Crippen LogP) is 4.07. The van der Waals surface area contributed by atoms with Gasteiger partial charge in [-0.3, -0.25) is 9.89 Å². The first-order valence-electron chi connectivity index (χ1n) is 10.7. The van der Waals surface area contributed by atoms with Crippen LogP contribution in [0.2, 0.25) is 0 Å². The number of likely N-dealkylation sites (tertiary alicyclic amines) is 1. The quantitative estimate of drug-likeness (QED) is 0.549. The van der Waals surface area contributed by atoms with E-state index in [0.717, 1.165) is 42.8 Å². The van der Waals surface area contributed by atoms with Gasteiger partial charge in [-0.1, -0.05) is 29.8 Å². The SMILES string of the molecule is CCNC(=NCC1CCN(Cc2ccc(C)cc2)CC1)N(C)Cc1csc(C)n1. The minimum Gasteiger partial charge on any atom is -0.357 e. The lowest BCUT2D eigenvalue weighted by Gasteiger charge is -2.31. The molecule has 1 fully saturated rings. The fraction of sp³-hybridized carbons (Fsp3) is 0.565. The number of aromatic nitrogens is 1. The highest BCUT2D eigenvalue weighted by Crippen LogP contribution is 2.20. The van der Waals surface area contributed by atoms with Gasteiger partial charge in [-0.2, -0.15) is 0 Å². The number of benzene rings is 1. The van der Waals surface area contributed by atoms with Crippen LogP contribution in [0.15, 0.2) is 34.6 Å². The minimum atomic E-state index is 0.674. The zero-order valence-electron chi connectivity index (χ0n) is 18.3. The third-order valence-electron chi connectivity index (χ3n) is 5.50. The van der Waals surface area contributed by atoms with Gasteiger partial charge in [-0.15, -0.1) is 11.3 Å². The van der Waals surface area contributed by atoms with Crippen LogP contribution in [-0.2, 0) is 13.1 Å². The molecule has 3 rings (SSSR count). The molecule has 1 saturated heterocycles. The molecule has 1 aromatic heterocycles. The number of hydrogen-bond donors (Lipinski definition) is 1. The molecule has 158 valence electrons. The molecule has 29 heavy (non-hydrogen) atoms. The summed E-state index contributed by atoms with van der Waals surface area (Å²) in [5.41, 5.74) is 3.86. The van der Waals surface area contributed by atoms with Gasteiger partial charge in [-0.05, 0) is 58.2 Å². The standard InChI is InChI=1S/C23H35N5S/c1-5-24-23(27(4)16-22-17-29-19(3)26-22)25-14-20-10-12-28(13-11-20)15-21-8-6-18(2)7-9-21/h6-9,17,20H,5,10-16H2,1-4H3,(H,24,25). The number of nitrogens with zero attached hydrogens (tertiary/aromatic N) is 4. The molecule has 2 heterocycles. The fourth-order valence-corrected chi connectivity index (χ4v) is 4.37. The van der Waals surface area contributed by atoms with Crippen LogP contribution in [0, 0.1) is 19.8 Å². The van der Waals surface area contributed by atoms with Crippen LogP contribution in [0.25, 0.3) is 0 Å². The van der Waals surface area contributed by atoms with Crippen LogP contribution < -0.4 is 5.32 Å². The van der Waals surface area contributed by atoms with E-state index in [-0.39, 0.29) is 0 Å². The Morgan fingerprint density at radius 1 is 1.24 bits per heavy atom. The van der Waals surface area contributed by atoms with Crippen molar-refractivity contribution in [3.63, 3.8) is 0 Å². The van der Waals surface area contributed by atoms with Gasteiger partial charge in [-0.25, -0.2) is 4.98 Å². The van der Waals surface area contributed by atoms with E-state index < -0.39 is 0 Å². The summed E-state index contributed by atoms with van der Waals surface area (Å²) in [5, 5.41) is 6.69. The Bertz CT molecular complexity index is 775. The van der Waals surface area contributed by atoms with Crippen molar-refractivity contribution < 1.29 is 0 Å². The summed E-state index contributed by atoms with van der Waals surface area (Å²) in [7, 11) is 2.10. The number of hydrogen-bond acceptors (Lipinski definition) is 4. The molecule has 1 aliphatic heterocycles. The average molecular weight is 414 g/mol. The maximum atomic E-state index is 4.95. The van der Waals surface area contributed by atoms with Crippen molar-refractivity contribution in [3.8, 4) is 0 Å². The number of guanidine groups is 1. The second-order valence-electron chi connectivity index (χ2n) is 8.11. The summed E-state index contributed by atoms with van der Waals surface area (Å²) in [6, 6.07) is 8.94. The summed E-state index contributed by atoms with van der Waals surface area (Å²) in [6.45, 7) is 12.3. The highest BCUT2D eigenvalue weighted by molar-refractivity contribution is 7.09. The van der Waals surface area contributed by atoms with Crippen molar-refractivity contribution in [2.24, 2.45) is 10.9 Å².